The number of nitrogens with zero attached hydrogens (tertiary/aromatic N) is 2. The van der Waals surface area contributed by atoms with Gasteiger partial charge in [0.1, 0.15) is 0 Å². The average molecular weight is 173 g/mol. The van der Waals surface area contributed by atoms with Crippen molar-refractivity contribution >= 4 is 11.9 Å². The standard InChI is InChI=1S/C10H11N3/c1-9-5-2-3-6-10(9)13-8-4-7-11-12-13/h2-8,12H,1H3. The molecule has 1 aromatic rings. The normalized spacial score (nSPS) is 14.4. The molecule has 1 N–H and O–H groups in total. The van der Waals surface area contributed by atoms with Gasteiger partial charge in [-0.15, -0.1) is 0 Å². The molecule has 0 fully saturated rings. The van der Waals surface area contributed by atoms with Gasteiger partial charge in [-0.2, -0.15) is 5.10 Å². The van der Waals surface area contributed by atoms with Crippen LogP contribution in [0.25, 0.3) is 0 Å². The molecule has 0 bridgehead atoms. The Labute approximate surface area is 77.3 Å². The first-order valence-electron chi connectivity index (χ1n) is 4.18. The Balaban J connectivity index is 2.30. The highest BCUT2D eigenvalue weighted by molar-refractivity contribution is 5.73. The zero-order valence-corrected chi connectivity index (χ0v) is 7.44. The van der Waals surface area contributed by atoms with Crippen molar-refractivity contribution in [1.29, 1.82) is 0 Å². The van der Waals surface area contributed by atoms with Crippen LogP contribution in [0.1, 0.15) is 5.56 Å². The van der Waals surface area contributed by atoms with Gasteiger partial charge in [0.05, 0.1) is 11.9 Å². The minimum absolute atomic E-state index is 1.12. The summed E-state index contributed by atoms with van der Waals surface area (Å²) in [5.41, 5.74) is 5.23. The Hall–Kier alpha value is -1.77. The Morgan fingerprint density at radius 1 is 1.31 bits per heavy atom. The Morgan fingerprint density at radius 2 is 2.15 bits per heavy atom. The summed E-state index contributed by atoms with van der Waals surface area (Å²) in [5.74, 6) is 0. The van der Waals surface area contributed by atoms with E-state index in [-0.39, 0.29) is 0 Å². The number of hydrogen-bond donors (Lipinski definition) is 1. The summed E-state index contributed by atoms with van der Waals surface area (Å²) >= 11 is 0. The van der Waals surface area contributed by atoms with Crippen molar-refractivity contribution in [3.05, 3.63) is 42.1 Å². The second-order valence-electron chi connectivity index (χ2n) is 2.88. The molecule has 0 aliphatic carbocycles. The van der Waals surface area contributed by atoms with Crippen molar-refractivity contribution in [2.75, 3.05) is 5.01 Å². The van der Waals surface area contributed by atoms with E-state index < -0.39 is 0 Å². The van der Waals surface area contributed by atoms with Crippen molar-refractivity contribution < 1.29 is 0 Å². The van der Waals surface area contributed by atoms with E-state index in [0.717, 1.165) is 5.69 Å². The van der Waals surface area contributed by atoms with E-state index >= 15 is 0 Å². The maximum atomic E-state index is 3.94. The highest BCUT2D eigenvalue weighted by Gasteiger charge is 2.04. The first-order valence-corrected chi connectivity index (χ1v) is 4.18. The summed E-state index contributed by atoms with van der Waals surface area (Å²) in [6.07, 6.45) is 5.55. The molecule has 0 unspecified atom stereocenters. The molecule has 1 aliphatic rings. The van der Waals surface area contributed by atoms with Gasteiger partial charge in [-0.25, -0.2) is 10.5 Å². The Morgan fingerprint density at radius 3 is 2.85 bits per heavy atom. The predicted octanol–water partition coefficient (Wildman–Crippen LogP) is 1.82. The van der Waals surface area contributed by atoms with Crippen LogP contribution in [-0.4, -0.2) is 6.21 Å². The monoisotopic (exact) mass is 173 g/mol. The summed E-state index contributed by atoms with van der Waals surface area (Å²) in [6, 6.07) is 8.16. The molecule has 13 heavy (non-hydrogen) atoms. The highest BCUT2D eigenvalue weighted by atomic mass is 15.7. The maximum Gasteiger partial charge on any atom is 0.0668 e. The van der Waals surface area contributed by atoms with E-state index in [9.17, 15) is 0 Å². The third kappa shape index (κ3) is 1.54. The molecule has 1 heterocycles. The van der Waals surface area contributed by atoms with Gasteiger partial charge < -0.3 is 0 Å². The summed E-state index contributed by atoms with van der Waals surface area (Å²) in [5, 5.41) is 5.82. The number of hydrazone groups is 1. The van der Waals surface area contributed by atoms with Crippen LogP contribution in [0.4, 0.5) is 5.69 Å². The highest BCUT2D eigenvalue weighted by Crippen LogP contribution is 2.18. The summed E-state index contributed by atoms with van der Waals surface area (Å²) < 4.78 is 0. The molecular formula is C10H11N3. The number of benzene rings is 1. The Kier molecular flexibility index (Phi) is 2.00. The van der Waals surface area contributed by atoms with Crippen LogP contribution in [0, 0.1) is 6.92 Å². The molecule has 0 atom stereocenters. The van der Waals surface area contributed by atoms with E-state index in [0.29, 0.717) is 0 Å². The van der Waals surface area contributed by atoms with Crippen LogP contribution in [0.3, 0.4) is 0 Å². The van der Waals surface area contributed by atoms with Crippen LogP contribution < -0.4 is 10.5 Å². The SMILES string of the molecule is Cc1ccccc1N1C=CC=NN1. The second kappa shape index (κ2) is 3.31. The fourth-order valence-electron chi connectivity index (χ4n) is 1.26. The van der Waals surface area contributed by atoms with Crippen LogP contribution in [-0.2, 0) is 0 Å². The smallest absolute Gasteiger partial charge is 0.0668 e. The number of rotatable bonds is 1. The molecule has 66 valence electrons. The lowest BCUT2D eigenvalue weighted by molar-refractivity contribution is 0.748. The van der Waals surface area contributed by atoms with E-state index in [1.165, 1.54) is 5.56 Å². The van der Waals surface area contributed by atoms with Gasteiger partial charge in [0.25, 0.3) is 0 Å². The first kappa shape index (κ1) is 7.86. The van der Waals surface area contributed by atoms with Gasteiger partial charge in [0.2, 0.25) is 0 Å². The molecule has 3 nitrogen and oxygen atoms in total. The van der Waals surface area contributed by atoms with E-state index in [1.54, 1.807) is 6.21 Å². The molecule has 0 amide bonds. The summed E-state index contributed by atoms with van der Waals surface area (Å²) in [7, 11) is 0. The van der Waals surface area contributed by atoms with Crippen LogP contribution in [0.2, 0.25) is 0 Å². The average Bonchev–Trinajstić information content (AvgIpc) is 2.20. The maximum absolute atomic E-state index is 3.94. The molecule has 0 saturated heterocycles. The zero-order valence-electron chi connectivity index (χ0n) is 7.44. The van der Waals surface area contributed by atoms with Crippen molar-refractivity contribution in [1.82, 2.24) is 5.53 Å². The van der Waals surface area contributed by atoms with Gasteiger partial charge in [-0.3, -0.25) is 0 Å². The number of nitrogens with one attached hydrogen (secondary N) is 1. The molecule has 1 aliphatic heterocycles. The number of aryl methyl sites for hydroxylation is 1. The molecule has 0 radical (unpaired) electrons. The molecule has 0 saturated carbocycles. The van der Waals surface area contributed by atoms with Gasteiger partial charge >= 0.3 is 0 Å². The summed E-state index contributed by atoms with van der Waals surface area (Å²) in [6.45, 7) is 2.07. The number of hydrazine groups is 1. The topological polar surface area (TPSA) is 27.6 Å². The van der Waals surface area contributed by atoms with Crippen LogP contribution in [0.5, 0.6) is 0 Å². The number of para-hydroxylation sites is 1. The van der Waals surface area contributed by atoms with Crippen molar-refractivity contribution in [3.8, 4) is 0 Å². The lowest BCUT2D eigenvalue weighted by Gasteiger charge is -2.22. The molecule has 0 spiro atoms. The quantitative estimate of drug-likeness (QED) is 0.701. The lowest BCUT2D eigenvalue weighted by atomic mass is 10.2. The Bertz CT molecular complexity index is 355. The summed E-state index contributed by atoms with van der Waals surface area (Å²) in [4.78, 5) is 0. The van der Waals surface area contributed by atoms with Gasteiger partial charge in [0, 0.05) is 6.20 Å². The molecular weight excluding hydrogens is 162 g/mol. The fraction of sp³-hybridized carbons (Fsp3) is 0.100. The number of hydrogen-bond acceptors (Lipinski definition) is 3. The first-order chi connectivity index (χ1) is 6.38. The zero-order chi connectivity index (χ0) is 9.10. The third-order valence-corrected chi connectivity index (χ3v) is 1.94. The van der Waals surface area contributed by atoms with E-state index in [1.807, 2.05) is 35.5 Å². The van der Waals surface area contributed by atoms with Crippen LogP contribution in [0.15, 0.2) is 41.6 Å². The van der Waals surface area contributed by atoms with Crippen molar-refractivity contribution in [3.63, 3.8) is 0 Å². The van der Waals surface area contributed by atoms with Crippen LogP contribution >= 0.6 is 0 Å². The molecule has 2 rings (SSSR count). The van der Waals surface area contributed by atoms with Crippen molar-refractivity contribution in [2.24, 2.45) is 5.10 Å². The van der Waals surface area contributed by atoms with E-state index in [4.69, 9.17) is 0 Å². The number of allylic oxidation sites excluding steroid dienone is 1. The van der Waals surface area contributed by atoms with E-state index in [2.05, 4.69) is 23.6 Å². The fourth-order valence-corrected chi connectivity index (χ4v) is 1.26. The van der Waals surface area contributed by atoms with Crippen molar-refractivity contribution in [2.45, 2.75) is 6.92 Å². The minimum atomic E-state index is 1.12. The predicted molar refractivity (Wildman–Crippen MR) is 54.4 cm³/mol. The van der Waals surface area contributed by atoms with Gasteiger partial charge in [-0.1, -0.05) is 18.2 Å². The molecule has 0 aromatic heterocycles. The molecule has 1 aromatic carbocycles. The molecule has 3 heteroatoms. The second-order valence-corrected chi connectivity index (χ2v) is 2.88. The largest absolute Gasteiger partial charge is 0.247 e. The third-order valence-electron chi connectivity index (χ3n) is 1.94. The lowest BCUT2D eigenvalue weighted by Crippen LogP contribution is -2.31. The minimum Gasteiger partial charge on any atom is -0.247 e. The number of anilines is 1. The van der Waals surface area contributed by atoms with Gasteiger partial charge in [0.15, 0.2) is 0 Å². The van der Waals surface area contributed by atoms with Gasteiger partial charge in [-0.05, 0) is 24.6 Å².